The van der Waals surface area contributed by atoms with Crippen LogP contribution >= 0.6 is 0 Å². The van der Waals surface area contributed by atoms with Crippen molar-refractivity contribution in [2.24, 2.45) is 39.9 Å². The van der Waals surface area contributed by atoms with Crippen molar-refractivity contribution in [3.63, 3.8) is 0 Å². The maximum Gasteiger partial charge on any atom is 0.333 e. The van der Waals surface area contributed by atoms with Gasteiger partial charge in [0, 0.05) is 35.3 Å². The fraction of sp³-hybridized carbons (Fsp3) is 0.677. The number of rotatable bonds is 4. The summed E-state index contributed by atoms with van der Waals surface area (Å²) in [5.41, 5.74) is 2.53. The van der Waals surface area contributed by atoms with Crippen LogP contribution < -0.4 is 0 Å². The molecule has 6 atom stereocenters. The molecule has 0 aromatic heterocycles. The molecular weight excluding hydrogens is 452 g/mol. The lowest BCUT2D eigenvalue weighted by Crippen LogP contribution is -2.56. The summed E-state index contributed by atoms with van der Waals surface area (Å²) in [7, 11) is 1.36. The highest BCUT2D eigenvalue weighted by Gasteiger charge is 2.64. The van der Waals surface area contributed by atoms with Gasteiger partial charge in [-0.25, -0.2) is 4.79 Å². The van der Waals surface area contributed by atoms with Crippen molar-refractivity contribution in [3.05, 3.63) is 34.4 Å². The lowest BCUT2D eigenvalue weighted by atomic mass is 9.43. The fourth-order valence-corrected chi connectivity index (χ4v) is 8.85. The first kappa shape index (κ1) is 26.8. The molecule has 0 aromatic carbocycles. The summed E-state index contributed by atoms with van der Waals surface area (Å²) in [5, 5.41) is 0. The molecule has 0 radical (unpaired) electrons. The van der Waals surface area contributed by atoms with Gasteiger partial charge in [0.25, 0.3) is 0 Å². The van der Waals surface area contributed by atoms with Crippen molar-refractivity contribution >= 4 is 23.3 Å². The number of carbonyl (C=O) groups is 4. The molecule has 5 nitrogen and oxygen atoms in total. The molecule has 5 heteroatoms. The first-order chi connectivity index (χ1) is 16.7. The van der Waals surface area contributed by atoms with Crippen LogP contribution in [0.3, 0.4) is 0 Å². The number of allylic oxidation sites excluding steroid dienone is 5. The molecule has 196 valence electrons. The van der Waals surface area contributed by atoms with Gasteiger partial charge in [0.05, 0.1) is 7.11 Å². The van der Waals surface area contributed by atoms with Crippen molar-refractivity contribution in [1.82, 2.24) is 0 Å². The number of ether oxygens (including phenoxy) is 1. The van der Waals surface area contributed by atoms with Crippen LogP contribution in [0.1, 0.15) is 87.0 Å². The molecule has 36 heavy (non-hydrogen) atoms. The number of esters is 1. The second-order valence-corrected chi connectivity index (χ2v) is 12.8. The minimum Gasteiger partial charge on any atom is -0.466 e. The second-order valence-electron chi connectivity index (χ2n) is 12.8. The van der Waals surface area contributed by atoms with Crippen molar-refractivity contribution in [3.8, 4) is 0 Å². The standard InChI is InChI=1S/C31H42O5/c1-17(28(35)36-8)15-22-20(9-10-21(22)19(3)32)18(2)27-23(33)16-25-30(6)14-12-26(34)29(4,5)24(30)11-13-31(25,27)7/h10,15,20,22,24-25H,9,11-14,16H2,1-8H3. The Morgan fingerprint density at radius 1 is 1.03 bits per heavy atom. The minimum atomic E-state index is -0.404. The SMILES string of the molecule is COC(=O)C(C)=CC1C(C(C)=O)=CCC1C(C)=C1C(=O)CC2C1(C)CCC1C(C)(C)C(=O)CCC12C. The number of hydrogen-bond donors (Lipinski definition) is 0. The van der Waals surface area contributed by atoms with E-state index in [1.54, 1.807) is 13.8 Å². The van der Waals surface area contributed by atoms with E-state index in [2.05, 4.69) is 34.6 Å². The van der Waals surface area contributed by atoms with Gasteiger partial charge < -0.3 is 4.74 Å². The summed E-state index contributed by atoms with van der Waals surface area (Å²) in [6.45, 7) is 14.2. The third kappa shape index (κ3) is 3.80. The van der Waals surface area contributed by atoms with Crippen LogP contribution in [-0.2, 0) is 23.9 Å². The summed E-state index contributed by atoms with van der Waals surface area (Å²) in [5.74, 6) is 0.385. The predicted molar refractivity (Wildman–Crippen MR) is 139 cm³/mol. The van der Waals surface area contributed by atoms with Crippen LogP contribution in [-0.4, -0.2) is 30.4 Å². The fourth-order valence-electron chi connectivity index (χ4n) is 8.85. The number of ketones is 3. The Labute approximate surface area is 215 Å². The molecule has 0 bridgehead atoms. The molecule has 0 spiro atoms. The summed E-state index contributed by atoms with van der Waals surface area (Å²) < 4.78 is 4.90. The normalized spacial score (nSPS) is 39.3. The van der Waals surface area contributed by atoms with Gasteiger partial charge in [-0.2, -0.15) is 0 Å². The minimum absolute atomic E-state index is 0.00169. The number of fused-ring (bicyclic) bond motifs is 3. The van der Waals surface area contributed by atoms with Gasteiger partial charge in [0.2, 0.25) is 0 Å². The molecule has 4 aliphatic rings. The van der Waals surface area contributed by atoms with Crippen molar-refractivity contribution < 1.29 is 23.9 Å². The molecule has 0 heterocycles. The zero-order chi connectivity index (χ0) is 26.8. The molecule has 0 aliphatic heterocycles. The third-order valence-electron chi connectivity index (χ3n) is 10.7. The highest BCUT2D eigenvalue weighted by atomic mass is 16.5. The van der Waals surface area contributed by atoms with Crippen LogP contribution in [0.25, 0.3) is 0 Å². The van der Waals surface area contributed by atoms with Gasteiger partial charge in [-0.05, 0) is 80.6 Å². The van der Waals surface area contributed by atoms with Crippen LogP contribution in [0.2, 0.25) is 0 Å². The number of carbonyl (C=O) groups excluding carboxylic acids is 4. The molecule has 0 N–H and O–H groups in total. The summed E-state index contributed by atoms with van der Waals surface area (Å²) in [4.78, 5) is 51.3. The molecule has 4 rings (SSSR count). The van der Waals surface area contributed by atoms with Gasteiger partial charge in [0.15, 0.2) is 11.6 Å². The zero-order valence-corrected chi connectivity index (χ0v) is 23.2. The van der Waals surface area contributed by atoms with E-state index in [0.717, 1.165) is 30.4 Å². The smallest absolute Gasteiger partial charge is 0.333 e. The number of hydrogen-bond acceptors (Lipinski definition) is 5. The quantitative estimate of drug-likeness (QED) is 0.355. The number of methoxy groups -OCH3 is 1. The van der Waals surface area contributed by atoms with Crippen LogP contribution in [0.5, 0.6) is 0 Å². The molecule has 3 saturated carbocycles. The highest BCUT2D eigenvalue weighted by molar-refractivity contribution is 6.01. The Hall–Kier alpha value is -2.30. The summed E-state index contributed by atoms with van der Waals surface area (Å²) >= 11 is 0. The van der Waals surface area contributed by atoms with Crippen molar-refractivity contribution in [2.75, 3.05) is 7.11 Å². The lowest BCUT2D eigenvalue weighted by Gasteiger charge is -2.60. The summed E-state index contributed by atoms with van der Waals surface area (Å²) in [6, 6.07) is 0. The summed E-state index contributed by atoms with van der Waals surface area (Å²) in [6.07, 6.45) is 8.32. The Kier molecular flexibility index (Phi) is 6.63. The van der Waals surface area contributed by atoms with Crippen LogP contribution in [0.15, 0.2) is 34.4 Å². The molecule has 3 fully saturated rings. The Morgan fingerprint density at radius 3 is 2.31 bits per heavy atom. The number of Topliss-reactive ketones (excluding diaryl/α,β-unsaturated/α-hetero) is 3. The lowest BCUT2D eigenvalue weighted by molar-refractivity contribution is -0.154. The first-order valence-corrected chi connectivity index (χ1v) is 13.5. The van der Waals surface area contributed by atoms with Crippen molar-refractivity contribution in [2.45, 2.75) is 87.0 Å². The molecule has 6 unspecified atom stereocenters. The van der Waals surface area contributed by atoms with Gasteiger partial charge in [-0.1, -0.05) is 45.4 Å². The zero-order valence-electron chi connectivity index (χ0n) is 23.2. The van der Waals surface area contributed by atoms with E-state index in [0.29, 0.717) is 36.2 Å². The Morgan fingerprint density at radius 2 is 1.69 bits per heavy atom. The Balaban J connectivity index is 1.77. The van der Waals surface area contributed by atoms with Crippen LogP contribution in [0, 0.1) is 39.9 Å². The van der Waals surface area contributed by atoms with E-state index < -0.39 is 5.97 Å². The largest absolute Gasteiger partial charge is 0.466 e. The molecule has 4 aliphatic carbocycles. The molecule has 0 saturated heterocycles. The maximum absolute atomic E-state index is 13.8. The molecule has 0 aromatic rings. The van der Waals surface area contributed by atoms with Gasteiger partial charge in [-0.3, -0.25) is 14.4 Å². The second kappa shape index (κ2) is 8.92. The maximum atomic E-state index is 13.8. The van der Waals surface area contributed by atoms with E-state index in [-0.39, 0.29) is 51.5 Å². The third-order valence-corrected chi connectivity index (χ3v) is 10.7. The first-order valence-electron chi connectivity index (χ1n) is 13.5. The topological polar surface area (TPSA) is 77.5 Å². The van der Waals surface area contributed by atoms with E-state index in [4.69, 9.17) is 4.74 Å². The molecule has 0 amide bonds. The monoisotopic (exact) mass is 494 g/mol. The van der Waals surface area contributed by atoms with E-state index in [9.17, 15) is 19.2 Å². The van der Waals surface area contributed by atoms with Gasteiger partial charge >= 0.3 is 5.97 Å². The van der Waals surface area contributed by atoms with E-state index in [1.165, 1.54) is 7.11 Å². The van der Waals surface area contributed by atoms with Gasteiger partial charge in [0.1, 0.15) is 5.78 Å². The van der Waals surface area contributed by atoms with E-state index in [1.807, 2.05) is 12.2 Å². The van der Waals surface area contributed by atoms with Crippen LogP contribution in [0.4, 0.5) is 0 Å². The molecular formula is C31H42O5. The average molecular weight is 495 g/mol. The highest BCUT2D eigenvalue weighted by Crippen LogP contribution is 2.69. The average Bonchev–Trinajstić information content (AvgIpc) is 3.34. The Bertz CT molecular complexity index is 1120. The predicted octanol–water partition coefficient (Wildman–Crippen LogP) is 5.97. The van der Waals surface area contributed by atoms with Crippen molar-refractivity contribution in [1.29, 1.82) is 0 Å². The van der Waals surface area contributed by atoms with Gasteiger partial charge in [-0.15, -0.1) is 0 Å². The van der Waals surface area contributed by atoms with E-state index >= 15 is 0 Å².